The van der Waals surface area contributed by atoms with E-state index in [4.69, 9.17) is 4.74 Å². The van der Waals surface area contributed by atoms with Gasteiger partial charge in [0.15, 0.2) is 11.5 Å². The molecule has 1 aliphatic rings. The van der Waals surface area contributed by atoms with Crippen LogP contribution in [0, 0.1) is 0 Å². The first kappa shape index (κ1) is 11.3. The molecule has 0 unspecified atom stereocenters. The van der Waals surface area contributed by atoms with Crippen LogP contribution < -0.4 is 5.32 Å². The molecule has 96 valence electrons. The Bertz CT molecular complexity index is 536. The van der Waals surface area contributed by atoms with Crippen LogP contribution in [0.2, 0.25) is 0 Å². The lowest BCUT2D eigenvalue weighted by atomic mass is 9.94. The molecule has 1 fully saturated rings. The highest BCUT2D eigenvalue weighted by atomic mass is 16.5. The van der Waals surface area contributed by atoms with Crippen LogP contribution in [0.1, 0.15) is 12.8 Å². The minimum atomic E-state index is -0.742. The summed E-state index contributed by atoms with van der Waals surface area (Å²) in [5.74, 6) is 0.664. The van der Waals surface area contributed by atoms with Crippen LogP contribution in [0.15, 0.2) is 12.4 Å². The molecule has 8 heteroatoms. The van der Waals surface area contributed by atoms with Gasteiger partial charge >= 0.3 is 0 Å². The lowest BCUT2D eigenvalue weighted by Gasteiger charge is -2.32. The summed E-state index contributed by atoms with van der Waals surface area (Å²) in [6, 6.07) is 0. The zero-order valence-corrected chi connectivity index (χ0v) is 9.78. The van der Waals surface area contributed by atoms with Gasteiger partial charge in [-0.05, 0) is 10.4 Å². The Balaban J connectivity index is 1.74. The van der Waals surface area contributed by atoms with Crippen molar-refractivity contribution < 1.29 is 9.84 Å². The van der Waals surface area contributed by atoms with Crippen molar-refractivity contribution in [2.45, 2.75) is 18.4 Å². The number of hydrogen-bond donors (Lipinski definition) is 2. The Morgan fingerprint density at radius 2 is 2.22 bits per heavy atom. The number of nitrogens with zero attached hydrogens (tertiary/aromatic N) is 5. The van der Waals surface area contributed by atoms with E-state index < -0.39 is 5.60 Å². The molecule has 2 aromatic rings. The number of fused-ring (bicyclic) bond motifs is 1. The van der Waals surface area contributed by atoms with Gasteiger partial charge in [-0.15, -0.1) is 5.10 Å². The van der Waals surface area contributed by atoms with Gasteiger partial charge in [0, 0.05) is 32.6 Å². The molecule has 0 amide bonds. The van der Waals surface area contributed by atoms with Gasteiger partial charge in [-0.2, -0.15) is 4.52 Å². The summed E-state index contributed by atoms with van der Waals surface area (Å²) in [7, 11) is 0. The number of aromatic nitrogens is 5. The van der Waals surface area contributed by atoms with Crippen molar-refractivity contribution in [3.05, 3.63) is 12.4 Å². The largest absolute Gasteiger partial charge is 0.388 e. The van der Waals surface area contributed by atoms with E-state index in [-0.39, 0.29) is 0 Å². The number of ether oxygens (including phenoxy) is 1. The van der Waals surface area contributed by atoms with Crippen LogP contribution in [-0.2, 0) is 4.74 Å². The third-order valence-electron chi connectivity index (χ3n) is 3.13. The van der Waals surface area contributed by atoms with E-state index in [1.807, 2.05) is 0 Å². The number of aliphatic hydroxyl groups is 1. The zero-order valence-electron chi connectivity index (χ0n) is 9.78. The van der Waals surface area contributed by atoms with Gasteiger partial charge in [-0.25, -0.2) is 0 Å². The molecule has 1 saturated heterocycles. The molecule has 0 radical (unpaired) electrons. The van der Waals surface area contributed by atoms with Crippen molar-refractivity contribution in [3.63, 3.8) is 0 Å². The molecular formula is C10H14N6O2. The van der Waals surface area contributed by atoms with Gasteiger partial charge in [-0.1, -0.05) is 0 Å². The fourth-order valence-corrected chi connectivity index (χ4v) is 1.98. The topological polar surface area (TPSA) is 97.5 Å². The maximum Gasteiger partial charge on any atom is 0.199 e. The van der Waals surface area contributed by atoms with Crippen molar-refractivity contribution in [2.24, 2.45) is 0 Å². The van der Waals surface area contributed by atoms with Crippen LogP contribution in [0.5, 0.6) is 0 Å². The Morgan fingerprint density at radius 3 is 3.06 bits per heavy atom. The third-order valence-corrected chi connectivity index (χ3v) is 3.13. The summed E-state index contributed by atoms with van der Waals surface area (Å²) in [5, 5.41) is 24.7. The molecule has 0 aliphatic carbocycles. The number of rotatable bonds is 3. The molecule has 2 aromatic heterocycles. The zero-order chi connectivity index (χ0) is 12.4. The van der Waals surface area contributed by atoms with E-state index in [1.165, 1.54) is 0 Å². The minimum absolute atomic E-state index is 0.428. The van der Waals surface area contributed by atoms with Gasteiger partial charge in [0.2, 0.25) is 0 Å². The molecule has 3 rings (SSSR count). The number of hydrogen-bond acceptors (Lipinski definition) is 7. The van der Waals surface area contributed by atoms with Crippen LogP contribution in [-0.4, -0.2) is 55.5 Å². The molecule has 0 spiro atoms. The second-order valence-corrected chi connectivity index (χ2v) is 4.43. The Kier molecular flexibility index (Phi) is 2.80. The maximum atomic E-state index is 10.3. The van der Waals surface area contributed by atoms with Crippen molar-refractivity contribution in [2.75, 3.05) is 25.1 Å². The predicted octanol–water partition coefficient (Wildman–Crippen LogP) is -0.527. The molecule has 2 N–H and O–H groups in total. The first-order valence-electron chi connectivity index (χ1n) is 5.83. The highest BCUT2D eigenvalue weighted by Crippen LogP contribution is 2.21. The fourth-order valence-electron chi connectivity index (χ4n) is 1.98. The van der Waals surface area contributed by atoms with Gasteiger partial charge in [0.1, 0.15) is 0 Å². The summed E-state index contributed by atoms with van der Waals surface area (Å²) in [6.07, 6.45) is 4.46. The molecule has 0 aromatic carbocycles. The maximum absolute atomic E-state index is 10.3. The second-order valence-electron chi connectivity index (χ2n) is 4.43. The normalized spacial score (nSPS) is 18.9. The van der Waals surface area contributed by atoms with E-state index in [1.54, 1.807) is 16.9 Å². The summed E-state index contributed by atoms with van der Waals surface area (Å²) < 4.78 is 6.79. The highest BCUT2D eigenvalue weighted by Gasteiger charge is 2.29. The smallest absolute Gasteiger partial charge is 0.199 e. The standard InChI is InChI=1S/C10H14N6O2/c17-10(1-3-18-4-2-10)7-12-8-5-11-6-9-13-14-15-16(8)9/h5-6,12,17H,1-4,7H2. The van der Waals surface area contributed by atoms with Gasteiger partial charge in [-0.3, -0.25) is 4.98 Å². The van der Waals surface area contributed by atoms with Crippen LogP contribution >= 0.6 is 0 Å². The quantitative estimate of drug-likeness (QED) is 0.755. The molecule has 18 heavy (non-hydrogen) atoms. The van der Waals surface area contributed by atoms with Crippen molar-refractivity contribution in [3.8, 4) is 0 Å². The Morgan fingerprint density at radius 1 is 1.39 bits per heavy atom. The first-order valence-corrected chi connectivity index (χ1v) is 5.83. The summed E-state index contributed by atoms with van der Waals surface area (Å²) >= 11 is 0. The monoisotopic (exact) mass is 250 g/mol. The van der Waals surface area contributed by atoms with E-state index in [0.717, 1.165) is 0 Å². The van der Waals surface area contributed by atoms with Gasteiger partial charge in [0.25, 0.3) is 0 Å². The Labute approximate surface area is 103 Å². The van der Waals surface area contributed by atoms with Gasteiger partial charge in [0.05, 0.1) is 18.0 Å². The lowest BCUT2D eigenvalue weighted by molar-refractivity contribution is -0.0544. The first-order chi connectivity index (χ1) is 8.77. The van der Waals surface area contributed by atoms with Crippen LogP contribution in [0.4, 0.5) is 5.82 Å². The van der Waals surface area contributed by atoms with Crippen molar-refractivity contribution in [1.82, 2.24) is 25.0 Å². The predicted molar refractivity (Wildman–Crippen MR) is 62.1 cm³/mol. The van der Waals surface area contributed by atoms with E-state index in [2.05, 4.69) is 25.8 Å². The number of tetrazole rings is 1. The number of nitrogens with one attached hydrogen (secondary N) is 1. The van der Waals surface area contributed by atoms with Crippen molar-refractivity contribution >= 4 is 11.5 Å². The average Bonchev–Trinajstić information content (AvgIpc) is 2.86. The molecule has 3 heterocycles. The summed E-state index contributed by atoms with van der Waals surface area (Å²) in [6.45, 7) is 1.61. The van der Waals surface area contributed by atoms with Gasteiger partial charge < -0.3 is 15.2 Å². The molecule has 8 nitrogen and oxygen atoms in total. The fraction of sp³-hybridized carbons (Fsp3) is 0.600. The number of anilines is 1. The summed E-state index contributed by atoms with van der Waals surface area (Å²) in [4.78, 5) is 4.04. The molecule has 1 aliphatic heterocycles. The molecule has 0 atom stereocenters. The van der Waals surface area contributed by atoms with Crippen molar-refractivity contribution in [1.29, 1.82) is 0 Å². The molecular weight excluding hydrogens is 236 g/mol. The lowest BCUT2D eigenvalue weighted by Crippen LogP contribution is -2.42. The van der Waals surface area contributed by atoms with E-state index >= 15 is 0 Å². The Hall–Kier alpha value is -1.80. The summed E-state index contributed by atoms with van der Waals surface area (Å²) in [5.41, 5.74) is -0.173. The minimum Gasteiger partial charge on any atom is -0.388 e. The third kappa shape index (κ3) is 2.12. The van der Waals surface area contributed by atoms with Crippen LogP contribution in [0.25, 0.3) is 5.65 Å². The van der Waals surface area contributed by atoms with E-state index in [0.29, 0.717) is 44.1 Å². The van der Waals surface area contributed by atoms with E-state index in [9.17, 15) is 5.11 Å². The SMILES string of the molecule is OC1(CNc2cncc3nnnn23)CCOCC1. The second kappa shape index (κ2) is 4.46. The molecule has 0 bridgehead atoms. The average molecular weight is 250 g/mol. The molecule has 0 saturated carbocycles. The highest BCUT2D eigenvalue weighted by molar-refractivity contribution is 5.43. The van der Waals surface area contributed by atoms with Crippen LogP contribution in [0.3, 0.4) is 0 Å².